The maximum atomic E-state index is 11.8. The highest BCUT2D eigenvalue weighted by Crippen LogP contribution is 2.36. The number of nitrogens with zero attached hydrogens (tertiary/aromatic N) is 4. The Balaban J connectivity index is 1.80. The maximum Gasteiger partial charge on any atom is 0.405 e. The molecule has 1 unspecified atom stereocenters. The van der Waals surface area contributed by atoms with Crippen LogP contribution in [0.3, 0.4) is 0 Å². The largest absolute Gasteiger partial charge is 0.465 e. The van der Waals surface area contributed by atoms with Crippen molar-refractivity contribution in [3.05, 3.63) is 36.7 Å². The predicted octanol–water partition coefficient (Wildman–Crippen LogP) is 2.01. The molecule has 0 saturated carbocycles. The van der Waals surface area contributed by atoms with Crippen molar-refractivity contribution in [2.75, 3.05) is 30.0 Å². The zero-order valence-corrected chi connectivity index (χ0v) is 18.1. The first-order valence-corrected chi connectivity index (χ1v) is 11.7. The fourth-order valence-electron chi connectivity index (χ4n) is 4.17. The van der Waals surface area contributed by atoms with Gasteiger partial charge in [-0.15, -0.1) is 0 Å². The molecule has 1 atom stereocenters. The number of hydrogen-bond acceptors (Lipinski definition) is 7. The van der Waals surface area contributed by atoms with Crippen LogP contribution < -0.4 is 16.0 Å². The molecule has 0 aliphatic carbocycles. The molecule has 4 N–H and O–H groups in total. The van der Waals surface area contributed by atoms with Gasteiger partial charge in [0.2, 0.25) is 0 Å². The summed E-state index contributed by atoms with van der Waals surface area (Å²) in [7, 11) is -3.30. The first-order chi connectivity index (χ1) is 14.6. The normalized spacial score (nSPS) is 19.5. The van der Waals surface area contributed by atoms with Crippen molar-refractivity contribution >= 4 is 33.0 Å². The molecular weight excluding hydrogens is 420 g/mol. The fraction of sp³-hybridized carbons (Fsp3) is 0.350. The van der Waals surface area contributed by atoms with E-state index < -0.39 is 21.5 Å². The molecule has 1 aliphatic heterocycles. The number of fused-ring (bicyclic) bond motifs is 1. The van der Waals surface area contributed by atoms with Gasteiger partial charge in [-0.2, -0.15) is 5.10 Å². The quantitative estimate of drug-likeness (QED) is 0.554. The summed E-state index contributed by atoms with van der Waals surface area (Å²) in [5, 5.41) is 16.2. The molecule has 0 spiro atoms. The summed E-state index contributed by atoms with van der Waals surface area (Å²) >= 11 is 0. The molecule has 0 bridgehead atoms. The number of rotatable bonds is 4. The van der Waals surface area contributed by atoms with E-state index in [1.165, 1.54) is 12.6 Å². The van der Waals surface area contributed by atoms with Gasteiger partial charge in [0.15, 0.2) is 15.7 Å². The molecule has 31 heavy (non-hydrogen) atoms. The average Bonchev–Trinajstić information content (AvgIpc) is 3.07. The van der Waals surface area contributed by atoms with Crippen molar-refractivity contribution < 1.29 is 18.3 Å². The Labute approximate surface area is 179 Å². The maximum absolute atomic E-state index is 11.8. The second kappa shape index (κ2) is 7.41. The van der Waals surface area contributed by atoms with Crippen molar-refractivity contribution in [3.63, 3.8) is 0 Å². The van der Waals surface area contributed by atoms with Crippen LogP contribution in [0.1, 0.15) is 19.8 Å². The van der Waals surface area contributed by atoms with Gasteiger partial charge in [0.1, 0.15) is 11.8 Å². The van der Waals surface area contributed by atoms with E-state index in [2.05, 4.69) is 20.3 Å². The van der Waals surface area contributed by atoms with Crippen LogP contribution in [-0.4, -0.2) is 59.1 Å². The smallest absolute Gasteiger partial charge is 0.405 e. The van der Waals surface area contributed by atoms with E-state index in [-0.39, 0.29) is 4.90 Å². The van der Waals surface area contributed by atoms with Crippen LogP contribution >= 0.6 is 0 Å². The van der Waals surface area contributed by atoms with Crippen LogP contribution in [0, 0.1) is 0 Å². The lowest BCUT2D eigenvalue weighted by Gasteiger charge is -2.41. The molecule has 1 amide bonds. The molecule has 4 rings (SSSR count). The third kappa shape index (κ3) is 4.00. The van der Waals surface area contributed by atoms with E-state index in [0.717, 1.165) is 36.3 Å². The summed E-state index contributed by atoms with van der Waals surface area (Å²) in [5.41, 5.74) is 8.54. The Morgan fingerprint density at radius 2 is 2.00 bits per heavy atom. The molecule has 2 aromatic heterocycles. The first kappa shape index (κ1) is 20.9. The number of nitrogens with two attached hydrogens (primary N) is 1. The first-order valence-electron chi connectivity index (χ1n) is 9.76. The standard InChI is InChI=1S/C20H24N6O4S/c1-20(24-19(27)28)8-3-9-25(11-20)16-10-15(26-17(16)18(21)22-12-23-26)13-4-6-14(7-5-13)31(2,29)30/h4-7,10,12,24H,3,8-9,11H2,1-2H3,(H,27,28)(H2,21,22,23). The summed E-state index contributed by atoms with van der Waals surface area (Å²) in [5.74, 6) is 0.308. The SMILES string of the molecule is CC1(NC(=O)O)CCCN(c2cc(-c3ccc(S(C)(=O)=O)cc3)n3ncnc(N)c23)C1. The Kier molecular flexibility index (Phi) is 5.00. The number of benzene rings is 1. The molecule has 3 heterocycles. The molecule has 1 saturated heterocycles. The third-order valence-corrected chi connectivity index (χ3v) is 6.72. The Morgan fingerprint density at radius 1 is 1.29 bits per heavy atom. The number of anilines is 2. The molecule has 10 nitrogen and oxygen atoms in total. The number of aromatic nitrogens is 3. The fourth-order valence-corrected chi connectivity index (χ4v) is 4.80. The van der Waals surface area contributed by atoms with Crippen LogP contribution in [0.4, 0.5) is 16.3 Å². The zero-order chi connectivity index (χ0) is 22.4. The molecular formula is C20H24N6O4S. The third-order valence-electron chi connectivity index (χ3n) is 5.59. The summed E-state index contributed by atoms with van der Waals surface area (Å²) in [6.45, 7) is 3.09. The minimum atomic E-state index is -3.30. The van der Waals surface area contributed by atoms with Crippen molar-refractivity contribution in [3.8, 4) is 11.3 Å². The lowest BCUT2D eigenvalue weighted by molar-refractivity contribution is 0.175. The zero-order valence-electron chi connectivity index (χ0n) is 17.2. The summed E-state index contributed by atoms with van der Waals surface area (Å²) in [6.07, 6.45) is 3.01. The summed E-state index contributed by atoms with van der Waals surface area (Å²) in [6, 6.07) is 8.51. The van der Waals surface area contributed by atoms with Crippen molar-refractivity contribution in [2.24, 2.45) is 0 Å². The van der Waals surface area contributed by atoms with Crippen LogP contribution in [0.5, 0.6) is 0 Å². The minimum absolute atomic E-state index is 0.234. The second-order valence-electron chi connectivity index (χ2n) is 8.13. The van der Waals surface area contributed by atoms with Gasteiger partial charge in [-0.3, -0.25) is 0 Å². The highest BCUT2D eigenvalue weighted by Gasteiger charge is 2.34. The number of carboxylic acid groups (broad SMARTS) is 1. The highest BCUT2D eigenvalue weighted by molar-refractivity contribution is 7.90. The lowest BCUT2D eigenvalue weighted by atomic mass is 9.91. The molecule has 11 heteroatoms. The van der Waals surface area contributed by atoms with E-state index in [1.807, 2.05) is 13.0 Å². The molecule has 1 aromatic carbocycles. The molecule has 1 aliphatic rings. The number of nitrogen functional groups attached to an aromatic ring is 1. The monoisotopic (exact) mass is 444 g/mol. The van der Waals surface area contributed by atoms with Crippen LogP contribution in [-0.2, 0) is 9.84 Å². The van der Waals surface area contributed by atoms with Crippen molar-refractivity contribution in [2.45, 2.75) is 30.2 Å². The van der Waals surface area contributed by atoms with E-state index in [4.69, 9.17) is 5.73 Å². The Morgan fingerprint density at radius 3 is 2.65 bits per heavy atom. The number of amides is 1. The van der Waals surface area contributed by atoms with Gasteiger partial charge in [-0.25, -0.2) is 22.7 Å². The number of carbonyl (C=O) groups is 1. The van der Waals surface area contributed by atoms with E-state index in [0.29, 0.717) is 17.9 Å². The van der Waals surface area contributed by atoms with E-state index in [9.17, 15) is 18.3 Å². The number of piperidine rings is 1. The second-order valence-corrected chi connectivity index (χ2v) is 10.1. The molecule has 164 valence electrons. The van der Waals surface area contributed by atoms with Crippen LogP contribution in [0.15, 0.2) is 41.6 Å². The number of nitrogens with one attached hydrogen (secondary N) is 1. The van der Waals surface area contributed by atoms with Crippen molar-refractivity contribution in [1.82, 2.24) is 19.9 Å². The van der Waals surface area contributed by atoms with Crippen molar-refractivity contribution in [1.29, 1.82) is 0 Å². The summed E-state index contributed by atoms with van der Waals surface area (Å²) in [4.78, 5) is 17.7. The summed E-state index contributed by atoms with van der Waals surface area (Å²) < 4.78 is 25.3. The predicted molar refractivity (Wildman–Crippen MR) is 117 cm³/mol. The van der Waals surface area contributed by atoms with E-state index >= 15 is 0 Å². The number of hydrogen-bond donors (Lipinski definition) is 3. The van der Waals surface area contributed by atoms with Gasteiger partial charge in [0.25, 0.3) is 0 Å². The van der Waals surface area contributed by atoms with Gasteiger partial charge >= 0.3 is 6.09 Å². The molecule has 1 fully saturated rings. The van der Waals surface area contributed by atoms with Gasteiger partial charge in [-0.05, 0) is 38.0 Å². The Bertz CT molecular complexity index is 1250. The molecule has 3 aromatic rings. The highest BCUT2D eigenvalue weighted by atomic mass is 32.2. The van der Waals surface area contributed by atoms with Gasteiger partial charge in [0.05, 0.1) is 21.8 Å². The Hall–Kier alpha value is -3.34. The van der Waals surface area contributed by atoms with Crippen LogP contribution in [0.25, 0.3) is 16.8 Å². The lowest BCUT2D eigenvalue weighted by Crippen LogP contribution is -2.56. The number of sulfone groups is 1. The molecule has 0 radical (unpaired) electrons. The minimum Gasteiger partial charge on any atom is -0.465 e. The van der Waals surface area contributed by atoms with E-state index in [1.54, 1.807) is 28.8 Å². The topological polar surface area (TPSA) is 143 Å². The van der Waals surface area contributed by atoms with Gasteiger partial charge < -0.3 is 21.1 Å². The van der Waals surface area contributed by atoms with Gasteiger partial charge in [0, 0.05) is 24.9 Å². The average molecular weight is 445 g/mol. The van der Waals surface area contributed by atoms with Crippen LogP contribution in [0.2, 0.25) is 0 Å². The van der Waals surface area contributed by atoms with Gasteiger partial charge in [-0.1, -0.05) is 12.1 Å².